The molecule has 0 bridgehead atoms. The molecule has 1 rings (SSSR count). The summed E-state index contributed by atoms with van der Waals surface area (Å²) in [4.78, 5) is 21.6. The van der Waals surface area contributed by atoms with Crippen LogP contribution in [0.2, 0.25) is 0 Å². The third kappa shape index (κ3) is 4.83. The Kier molecular flexibility index (Phi) is 5.12. The normalized spacial score (nSPS) is 11.9. The maximum Gasteiger partial charge on any atom is 0.332 e. The Morgan fingerprint density at radius 3 is 2.78 bits per heavy atom. The summed E-state index contributed by atoms with van der Waals surface area (Å²) in [6.07, 6.45) is -1.52. The van der Waals surface area contributed by atoms with Crippen LogP contribution in [-0.2, 0) is 11.3 Å². The van der Waals surface area contributed by atoms with Gasteiger partial charge < -0.3 is 25.4 Å². The zero-order valence-corrected chi connectivity index (χ0v) is 9.84. The number of rotatable bonds is 6. The van der Waals surface area contributed by atoms with Crippen molar-refractivity contribution < 1.29 is 24.3 Å². The lowest BCUT2D eigenvalue weighted by Crippen LogP contribution is -2.37. The molecule has 0 fully saturated rings. The van der Waals surface area contributed by atoms with Crippen LogP contribution >= 0.6 is 0 Å². The summed E-state index contributed by atoms with van der Waals surface area (Å²) in [6.45, 7) is 2.02. The number of hydrogen-bond acceptors (Lipinski definition) is 5. The Labute approximate surface area is 103 Å². The molecule has 0 radical (unpaired) electrons. The van der Waals surface area contributed by atoms with Crippen LogP contribution in [0.15, 0.2) is 10.6 Å². The van der Waals surface area contributed by atoms with Gasteiger partial charge in [0.05, 0.1) is 12.2 Å². The lowest BCUT2D eigenvalue weighted by molar-refractivity contribution is -0.146. The van der Waals surface area contributed by atoms with Crippen LogP contribution in [0.1, 0.15) is 17.9 Å². The highest BCUT2D eigenvalue weighted by atomic mass is 16.5. The molecule has 8 nitrogen and oxygen atoms in total. The third-order valence-corrected chi connectivity index (χ3v) is 2.09. The summed E-state index contributed by atoms with van der Waals surface area (Å²) >= 11 is 0. The lowest BCUT2D eigenvalue weighted by Gasteiger charge is -2.07. The molecule has 0 aliphatic heterocycles. The Balaban J connectivity index is 2.16. The fraction of sp³-hybridized carbons (Fsp3) is 0.500. The van der Waals surface area contributed by atoms with E-state index in [0.29, 0.717) is 5.76 Å². The molecule has 100 valence electrons. The van der Waals surface area contributed by atoms with E-state index in [9.17, 15) is 9.59 Å². The van der Waals surface area contributed by atoms with Gasteiger partial charge in [-0.15, -0.1) is 0 Å². The number of aliphatic hydroxyl groups is 1. The van der Waals surface area contributed by atoms with Crippen LogP contribution in [0.3, 0.4) is 0 Å². The zero-order valence-electron chi connectivity index (χ0n) is 9.84. The number of amides is 2. The van der Waals surface area contributed by atoms with Gasteiger partial charge in [-0.2, -0.15) is 0 Å². The van der Waals surface area contributed by atoms with Gasteiger partial charge in [0.25, 0.3) is 0 Å². The standard InChI is InChI=1S/C10H15N3O5/c1-6-4-7(18-13-6)5-12-10(17)11-3-2-8(14)9(15)16/h4,8,14H,2-3,5H2,1H3,(H,15,16)(H2,11,12,17). The molecule has 4 N–H and O–H groups in total. The van der Waals surface area contributed by atoms with E-state index in [1.54, 1.807) is 13.0 Å². The highest BCUT2D eigenvalue weighted by Crippen LogP contribution is 2.00. The highest BCUT2D eigenvalue weighted by Gasteiger charge is 2.12. The van der Waals surface area contributed by atoms with E-state index in [1.807, 2.05) is 0 Å². The Morgan fingerprint density at radius 1 is 1.50 bits per heavy atom. The molecule has 1 aromatic heterocycles. The topological polar surface area (TPSA) is 125 Å². The van der Waals surface area contributed by atoms with Crippen molar-refractivity contribution in [2.24, 2.45) is 0 Å². The van der Waals surface area contributed by atoms with Crippen molar-refractivity contribution in [2.75, 3.05) is 6.54 Å². The molecule has 1 aromatic rings. The van der Waals surface area contributed by atoms with Gasteiger partial charge in [0, 0.05) is 19.0 Å². The summed E-state index contributed by atoms with van der Waals surface area (Å²) < 4.78 is 4.88. The molecule has 0 aromatic carbocycles. The first-order valence-electron chi connectivity index (χ1n) is 5.34. The van der Waals surface area contributed by atoms with Gasteiger partial charge in [0.1, 0.15) is 0 Å². The van der Waals surface area contributed by atoms with E-state index in [4.69, 9.17) is 14.7 Å². The summed E-state index contributed by atoms with van der Waals surface area (Å²) in [5, 5.41) is 25.9. The fourth-order valence-corrected chi connectivity index (χ4v) is 1.18. The SMILES string of the molecule is Cc1cc(CNC(=O)NCCC(O)C(=O)O)on1. The number of carbonyl (C=O) groups excluding carboxylic acids is 1. The van der Waals surface area contributed by atoms with Crippen molar-refractivity contribution in [3.8, 4) is 0 Å². The van der Waals surface area contributed by atoms with Crippen molar-refractivity contribution in [1.29, 1.82) is 0 Å². The Bertz CT molecular complexity index is 417. The zero-order chi connectivity index (χ0) is 13.5. The second kappa shape index (κ2) is 6.60. The monoisotopic (exact) mass is 257 g/mol. The average Bonchev–Trinajstić information content (AvgIpc) is 2.72. The van der Waals surface area contributed by atoms with Crippen molar-refractivity contribution in [2.45, 2.75) is 26.0 Å². The summed E-state index contributed by atoms with van der Waals surface area (Å²) in [5.74, 6) is -0.789. The van der Waals surface area contributed by atoms with Crippen molar-refractivity contribution in [3.63, 3.8) is 0 Å². The van der Waals surface area contributed by atoms with Crippen LogP contribution in [0, 0.1) is 6.92 Å². The number of carbonyl (C=O) groups is 2. The third-order valence-electron chi connectivity index (χ3n) is 2.09. The van der Waals surface area contributed by atoms with Crippen LogP contribution in [0.4, 0.5) is 4.79 Å². The molecule has 1 atom stereocenters. The van der Waals surface area contributed by atoms with Crippen LogP contribution < -0.4 is 10.6 Å². The molecule has 0 aliphatic rings. The molecular weight excluding hydrogens is 242 g/mol. The van der Waals surface area contributed by atoms with E-state index in [2.05, 4.69) is 15.8 Å². The Hall–Kier alpha value is -2.09. The molecule has 0 saturated heterocycles. The first kappa shape index (κ1) is 14.0. The maximum atomic E-state index is 11.3. The molecule has 8 heteroatoms. The van der Waals surface area contributed by atoms with E-state index < -0.39 is 18.1 Å². The highest BCUT2D eigenvalue weighted by molar-refractivity contribution is 5.74. The van der Waals surface area contributed by atoms with Gasteiger partial charge in [-0.3, -0.25) is 0 Å². The molecule has 1 unspecified atom stereocenters. The quantitative estimate of drug-likeness (QED) is 0.550. The molecule has 18 heavy (non-hydrogen) atoms. The minimum atomic E-state index is -1.47. The van der Waals surface area contributed by atoms with E-state index in [1.165, 1.54) is 0 Å². The minimum absolute atomic E-state index is 0.0514. The number of nitrogens with zero attached hydrogens (tertiary/aromatic N) is 1. The number of aliphatic hydroxyl groups excluding tert-OH is 1. The summed E-state index contributed by atoms with van der Waals surface area (Å²) in [7, 11) is 0. The predicted molar refractivity (Wildman–Crippen MR) is 59.7 cm³/mol. The molecule has 1 heterocycles. The van der Waals surface area contributed by atoms with Gasteiger partial charge in [-0.1, -0.05) is 5.16 Å². The second-order valence-electron chi connectivity index (χ2n) is 3.69. The van der Waals surface area contributed by atoms with E-state index >= 15 is 0 Å². The van der Waals surface area contributed by atoms with Crippen molar-refractivity contribution in [3.05, 3.63) is 17.5 Å². The van der Waals surface area contributed by atoms with Gasteiger partial charge in [-0.25, -0.2) is 9.59 Å². The molecule has 0 saturated carbocycles. The first-order valence-corrected chi connectivity index (χ1v) is 5.34. The lowest BCUT2D eigenvalue weighted by atomic mass is 10.2. The maximum absolute atomic E-state index is 11.3. The second-order valence-corrected chi connectivity index (χ2v) is 3.69. The van der Waals surface area contributed by atoms with Crippen molar-refractivity contribution >= 4 is 12.0 Å². The average molecular weight is 257 g/mol. The van der Waals surface area contributed by atoms with Gasteiger partial charge in [0.15, 0.2) is 11.9 Å². The van der Waals surface area contributed by atoms with Crippen LogP contribution in [0.5, 0.6) is 0 Å². The Morgan fingerprint density at radius 2 is 2.22 bits per heavy atom. The number of urea groups is 1. The smallest absolute Gasteiger partial charge is 0.332 e. The number of aromatic nitrogens is 1. The fourth-order valence-electron chi connectivity index (χ4n) is 1.18. The number of carboxylic acid groups (broad SMARTS) is 1. The van der Waals surface area contributed by atoms with Gasteiger partial charge >= 0.3 is 12.0 Å². The molecule has 0 aliphatic carbocycles. The van der Waals surface area contributed by atoms with E-state index in [0.717, 1.165) is 5.69 Å². The van der Waals surface area contributed by atoms with E-state index in [-0.39, 0.29) is 19.5 Å². The predicted octanol–water partition coefficient (Wildman–Crippen LogP) is -0.382. The summed E-state index contributed by atoms with van der Waals surface area (Å²) in [6, 6.07) is 1.22. The number of aliphatic carboxylic acids is 1. The van der Waals surface area contributed by atoms with Gasteiger partial charge in [0.2, 0.25) is 0 Å². The largest absolute Gasteiger partial charge is 0.479 e. The number of hydrogen-bond donors (Lipinski definition) is 4. The van der Waals surface area contributed by atoms with Gasteiger partial charge in [-0.05, 0) is 6.92 Å². The molecular formula is C10H15N3O5. The number of aryl methyl sites for hydroxylation is 1. The van der Waals surface area contributed by atoms with Crippen LogP contribution in [-0.4, -0.2) is 40.0 Å². The van der Waals surface area contributed by atoms with Crippen LogP contribution in [0.25, 0.3) is 0 Å². The number of carboxylic acids is 1. The molecule has 0 spiro atoms. The number of nitrogens with one attached hydrogen (secondary N) is 2. The van der Waals surface area contributed by atoms with Crippen molar-refractivity contribution in [1.82, 2.24) is 15.8 Å². The minimum Gasteiger partial charge on any atom is -0.479 e. The molecule has 2 amide bonds. The summed E-state index contributed by atoms with van der Waals surface area (Å²) in [5.41, 5.74) is 0.719. The first-order chi connectivity index (χ1) is 8.49.